The van der Waals surface area contributed by atoms with E-state index in [0.29, 0.717) is 18.5 Å². The van der Waals surface area contributed by atoms with Gasteiger partial charge < -0.3 is 20.4 Å². The van der Waals surface area contributed by atoms with E-state index in [4.69, 9.17) is 10.5 Å². The van der Waals surface area contributed by atoms with Gasteiger partial charge in [-0.2, -0.15) is 0 Å². The Bertz CT molecular complexity index is 1140. The summed E-state index contributed by atoms with van der Waals surface area (Å²) in [5.41, 5.74) is 9.76. The number of nitrogens with one attached hydrogen (secondary N) is 1. The standard InChI is InChI=1S/C24H29N3O2S/c1-5-30-18-7-9-23(29-11-10-25)21(13-18)22-15-27(4)24(28)19-8-6-17(12-20(19)22)16(2)14-26-3/h6-9,12-15,26H,5,10-11,25H2,1-4H3/b16-14+. The maximum Gasteiger partial charge on any atom is 0.258 e. The van der Waals surface area contributed by atoms with E-state index < -0.39 is 0 Å². The van der Waals surface area contributed by atoms with Crippen molar-refractivity contribution < 1.29 is 4.74 Å². The van der Waals surface area contributed by atoms with Crippen molar-refractivity contribution in [2.75, 3.05) is 26.0 Å². The van der Waals surface area contributed by atoms with Crippen molar-refractivity contribution in [2.24, 2.45) is 12.8 Å². The molecular formula is C24H29N3O2S. The van der Waals surface area contributed by atoms with Crippen LogP contribution in [0.15, 0.2) is 58.5 Å². The number of fused-ring (bicyclic) bond motifs is 1. The van der Waals surface area contributed by atoms with Gasteiger partial charge in [-0.25, -0.2) is 0 Å². The number of ether oxygens (including phenoxy) is 1. The van der Waals surface area contributed by atoms with Crippen molar-refractivity contribution in [1.82, 2.24) is 9.88 Å². The number of allylic oxidation sites excluding steroid dienone is 1. The second-order valence-electron chi connectivity index (χ2n) is 7.06. The van der Waals surface area contributed by atoms with Gasteiger partial charge in [0.05, 0.1) is 0 Å². The highest BCUT2D eigenvalue weighted by Gasteiger charge is 2.15. The van der Waals surface area contributed by atoms with Gasteiger partial charge in [-0.05, 0) is 65.7 Å². The van der Waals surface area contributed by atoms with E-state index >= 15 is 0 Å². The van der Waals surface area contributed by atoms with Gasteiger partial charge in [0.15, 0.2) is 0 Å². The fraction of sp³-hybridized carbons (Fsp3) is 0.292. The third-order valence-corrected chi connectivity index (χ3v) is 5.80. The zero-order chi connectivity index (χ0) is 21.7. The van der Waals surface area contributed by atoms with Gasteiger partial charge >= 0.3 is 0 Å². The Morgan fingerprint density at radius 3 is 2.70 bits per heavy atom. The van der Waals surface area contributed by atoms with Crippen LogP contribution in [0.5, 0.6) is 5.75 Å². The molecule has 0 saturated heterocycles. The van der Waals surface area contributed by atoms with Crippen LogP contribution in [-0.2, 0) is 7.05 Å². The molecule has 0 spiro atoms. The van der Waals surface area contributed by atoms with Crippen LogP contribution in [0, 0.1) is 0 Å². The van der Waals surface area contributed by atoms with Gasteiger partial charge in [-0.1, -0.05) is 13.0 Å². The first kappa shape index (κ1) is 22.0. The molecule has 158 valence electrons. The summed E-state index contributed by atoms with van der Waals surface area (Å²) in [7, 11) is 3.67. The van der Waals surface area contributed by atoms with Crippen molar-refractivity contribution in [3.63, 3.8) is 0 Å². The number of aryl methyl sites for hydroxylation is 1. The summed E-state index contributed by atoms with van der Waals surface area (Å²) < 4.78 is 7.60. The van der Waals surface area contributed by atoms with Crippen LogP contribution in [0.2, 0.25) is 0 Å². The number of hydrogen-bond acceptors (Lipinski definition) is 5. The fourth-order valence-electron chi connectivity index (χ4n) is 3.50. The Labute approximate surface area is 181 Å². The molecule has 0 saturated carbocycles. The van der Waals surface area contributed by atoms with Gasteiger partial charge in [0.25, 0.3) is 5.56 Å². The summed E-state index contributed by atoms with van der Waals surface area (Å²) in [6.45, 7) is 5.06. The van der Waals surface area contributed by atoms with Gasteiger partial charge in [0.1, 0.15) is 12.4 Å². The second-order valence-corrected chi connectivity index (χ2v) is 8.40. The van der Waals surface area contributed by atoms with Crippen molar-refractivity contribution in [3.05, 3.63) is 64.7 Å². The molecule has 0 bridgehead atoms. The molecule has 0 radical (unpaired) electrons. The summed E-state index contributed by atoms with van der Waals surface area (Å²) in [6, 6.07) is 12.2. The Hall–Kier alpha value is -2.70. The minimum absolute atomic E-state index is 0.0148. The minimum Gasteiger partial charge on any atom is -0.492 e. The fourth-order valence-corrected chi connectivity index (χ4v) is 4.19. The average Bonchev–Trinajstić information content (AvgIpc) is 2.75. The van der Waals surface area contributed by atoms with Crippen molar-refractivity contribution in [2.45, 2.75) is 18.7 Å². The van der Waals surface area contributed by atoms with E-state index in [1.54, 1.807) is 23.4 Å². The molecule has 2 aromatic carbocycles. The predicted octanol–water partition coefficient (Wildman–Crippen LogP) is 4.24. The number of benzene rings is 2. The van der Waals surface area contributed by atoms with E-state index in [9.17, 15) is 4.79 Å². The van der Waals surface area contributed by atoms with Crippen LogP contribution in [0.25, 0.3) is 27.5 Å². The molecule has 5 nitrogen and oxygen atoms in total. The van der Waals surface area contributed by atoms with Gasteiger partial charge in [-0.3, -0.25) is 4.79 Å². The zero-order valence-corrected chi connectivity index (χ0v) is 18.8. The van der Waals surface area contributed by atoms with Crippen molar-refractivity contribution in [1.29, 1.82) is 0 Å². The Morgan fingerprint density at radius 2 is 2.00 bits per heavy atom. The first-order chi connectivity index (χ1) is 14.5. The lowest BCUT2D eigenvalue weighted by molar-refractivity contribution is 0.329. The van der Waals surface area contributed by atoms with Crippen LogP contribution >= 0.6 is 11.8 Å². The summed E-state index contributed by atoms with van der Waals surface area (Å²) in [6.07, 6.45) is 3.85. The van der Waals surface area contributed by atoms with Crippen LogP contribution in [-0.4, -0.2) is 30.5 Å². The highest BCUT2D eigenvalue weighted by Crippen LogP contribution is 2.37. The number of pyridine rings is 1. The molecule has 0 amide bonds. The third kappa shape index (κ3) is 4.55. The van der Waals surface area contributed by atoms with E-state index in [0.717, 1.165) is 44.0 Å². The molecule has 6 heteroatoms. The average molecular weight is 424 g/mol. The first-order valence-corrected chi connectivity index (χ1v) is 11.1. The molecule has 3 aromatic rings. The molecular weight excluding hydrogens is 394 g/mol. The molecule has 0 fully saturated rings. The summed E-state index contributed by atoms with van der Waals surface area (Å²) in [4.78, 5) is 14.0. The van der Waals surface area contributed by atoms with Crippen LogP contribution in [0.4, 0.5) is 0 Å². The quantitative estimate of drug-likeness (QED) is 0.531. The SMILES string of the molecule is CCSc1ccc(OCCN)c(-c2cn(C)c(=O)c3ccc(/C(C)=C/NC)cc23)c1. The van der Waals surface area contributed by atoms with Gasteiger partial charge in [0, 0.05) is 48.2 Å². The van der Waals surface area contributed by atoms with E-state index in [-0.39, 0.29) is 5.56 Å². The molecule has 3 N–H and O–H groups in total. The van der Waals surface area contributed by atoms with Gasteiger partial charge in [0.2, 0.25) is 0 Å². The Morgan fingerprint density at radius 1 is 1.20 bits per heavy atom. The maximum atomic E-state index is 12.8. The Balaban J connectivity index is 2.32. The third-order valence-electron chi connectivity index (χ3n) is 4.93. The van der Waals surface area contributed by atoms with Gasteiger partial charge in [-0.15, -0.1) is 11.8 Å². The largest absolute Gasteiger partial charge is 0.492 e. The minimum atomic E-state index is -0.0148. The molecule has 0 atom stereocenters. The molecule has 0 aliphatic carbocycles. The molecule has 1 heterocycles. The second kappa shape index (κ2) is 9.87. The number of nitrogens with two attached hydrogens (primary N) is 1. The highest BCUT2D eigenvalue weighted by atomic mass is 32.2. The molecule has 0 unspecified atom stereocenters. The monoisotopic (exact) mass is 423 g/mol. The summed E-state index contributed by atoms with van der Waals surface area (Å²) in [5, 5.41) is 4.67. The Kier molecular flexibility index (Phi) is 7.24. The van der Waals surface area contributed by atoms with E-state index in [1.165, 1.54) is 0 Å². The maximum absolute atomic E-state index is 12.8. The van der Waals surface area contributed by atoms with Crippen LogP contribution in [0.3, 0.4) is 0 Å². The summed E-state index contributed by atoms with van der Waals surface area (Å²) in [5.74, 6) is 1.75. The highest BCUT2D eigenvalue weighted by molar-refractivity contribution is 7.99. The first-order valence-electron chi connectivity index (χ1n) is 10.1. The van der Waals surface area contributed by atoms with Crippen molar-refractivity contribution in [3.8, 4) is 16.9 Å². The molecule has 30 heavy (non-hydrogen) atoms. The lowest BCUT2D eigenvalue weighted by atomic mass is 9.96. The number of aromatic nitrogens is 1. The van der Waals surface area contributed by atoms with E-state index in [1.807, 2.05) is 44.6 Å². The number of hydrogen-bond donors (Lipinski definition) is 2. The molecule has 0 aliphatic heterocycles. The molecule has 0 aliphatic rings. The predicted molar refractivity (Wildman–Crippen MR) is 128 cm³/mol. The van der Waals surface area contributed by atoms with E-state index in [2.05, 4.69) is 30.4 Å². The lowest BCUT2D eigenvalue weighted by Crippen LogP contribution is -2.17. The summed E-state index contributed by atoms with van der Waals surface area (Å²) >= 11 is 1.78. The smallest absolute Gasteiger partial charge is 0.258 e. The topological polar surface area (TPSA) is 69.3 Å². The molecule has 1 aromatic heterocycles. The van der Waals surface area contributed by atoms with Crippen LogP contribution < -0.4 is 21.3 Å². The zero-order valence-electron chi connectivity index (χ0n) is 18.0. The number of rotatable bonds is 8. The number of nitrogens with zero attached hydrogens (tertiary/aromatic N) is 1. The number of thioether (sulfide) groups is 1. The van der Waals surface area contributed by atoms with Crippen LogP contribution in [0.1, 0.15) is 19.4 Å². The molecule has 3 rings (SSSR count). The van der Waals surface area contributed by atoms with Crippen molar-refractivity contribution >= 4 is 28.1 Å². The normalized spacial score (nSPS) is 11.7. The lowest BCUT2D eigenvalue weighted by Gasteiger charge is -2.16.